The Kier molecular flexibility index (Phi) is 4.27. The lowest BCUT2D eigenvalue weighted by Crippen LogP contribution is -2.08. The molecule has 0 amide bonds. The molecule has 0 saturated heterocycles. The number of rotatable bonds is 2. The average Bonchev–Trinajstić information content (AvgIpc) is 2.62. The van der Waals surface area contributed by atoms with E-state index in [1.165, 1.54) is 29.5 Å². The van der Waals surface area contributed by atoms with E-state index in [1.54, 1.807) is 0 Å². The third kappa shape index (κ3) is 2.94. The first-order valence-corrected chi connectivity index (χ1v) is 9.19. The van der Waals surface area contributed by atoms with Crippen LogP contribution in [0.2, 0.25) is 5.02 Å². The predicted molar refractivity (Wildman–Crippen MR) is 107 cm³/mol. The van der Waals surface area contributed by atoms with Crippen molar-refractivity contribution in [1.29, 1.82) is 0 Å². The van der Waals surface area contributed by atoms with Gasteiger partial charge in [0.05, 0.1) is 5.02 Å². The largest absolute Gasteiger partial charge is 0.455 e. The minimum atomic E-state index is 0.691. The molecule has 0 aromatic heterocycles. The molecule has 2 aromatic carbocycles. The van der Waals surface area contributed by atoms with E-state index in [0.717, 1.165) is 41.1 Å². The number of allylic oxidation sites excluding steroid dienone is 4. The summed E-state index contributed by atoms with van der Waals surface area (Å²) in [6, 6.07) is 12.1. The van der Waals surface area contributed by atoms with Crippen LogP contribution in [-0.2, 0) is 0 Å². The second-order valence-electron chi connectivity index (χ2n) is 6.73. The molecule has 2 aliphatic rings. The van der Waals surface area contributed by atoms with Gasteiger partial charge in [0.2, 0.25) is 0 Å². The van der Waals surface area contributed by atoms with Crippen molar-refractivity contribution in [2.75, 3.05) is 0 Å². The van der Waals surface area contributed by atoms with Crippen LogP contribution >= 0.6 is 11.6 Å². The minimum Gasteiger partial charge on any atom is -0.455 e. The van der Waals surface area contributed by atoms with Crippen LogP contribution in [0.4, 0.5) is 0 Å². The maximum atomic E-state index is 6.41. The molecule has 2 heteroatoms. The van der Waals surface area contributed by atoms with E-state index in [1.807, 2.05) is 30.3 Å². The van der Waals surface area contributed by atoms with Crippen molar-refractivity contribution < 1.29 is 4.74 Å². The highest BCUT2D eigenvalue weighted by molar-refractivity contribution is 6.32. The van der Waals surface area contributed by atoms with Gasteiger partial charge in [0.25, 0.3) is 0 Å². The van der Waals surface area contributed by atoms with Gasteiger partial charge < -0.3 is 4.74 Å². The van der Waals surface area contributed by atoms with E-state index in [-0.39, 0.29) is 0 Å². The third-order valence-electron chi connectivity index (χ3n) is 4.98. The number of fused-ring (bicyclic) bond motifs is 1. The zero-order valence-electron chi connectivity index (χ0n) is 14.4. The van der Waals surface area contributed by atoms with Crippen LogP contribution in [0.1, 0.15) is 47.9 Å². The summed E-state index contributed by atoms with van der Waals surface area (Å²) in [5, 5.41) is 0.691. The normalized spacial score (nSPS) is 16.6. The van der Waals surface area contributed by atoms with Gasteiger partial charge in [0.15, 0.2) is 0 Å². The Morgan fingerprint density at radius 2 is 1.88 bits per heavy atom. The zero-order chi connectivity index (χ0) is 17.4. The van der Waals surface area contributed by atoms with Crippen LogP contribution < -0.4 is 4.74 Å². The van der Waals surface area contributed by atoms with Crippen LogP contribution in [0.5, 0.6) is 5.75 Å². The Balaban J connectivity index is 1.85. The molecule has 0 fully saturated rings. The highest BCUT2D eigenvalue weighted by Gasteiger charge is 2.24. The van der Waals surface area contributed by atoms with Gasteiger partial charge in [-0.15, -0.1) is 0 Å². The van der Waals surface area contributed by atoms with Crippen LogP contribution in [0.15, 0.2) is 55.1 Å². The van der Waals surface area contributed by atoms with Gasteiger partial charge in [-0.2, -0.15) is 0 Å². The molecule has 1 nitrogen and oxygen atoms in total. The zero-order valence-corrected chi connectivity index (χ0v) is 15.2. The summed E-state index contributed by atoms with van der Waals surface area (Å²) < 4.78 is 6.41. The fourth-order valence-corrected chi connectivity index (χ4v) is 3.91. The Morgan fingerprint density at radius 1 is 1.04 bits per heavy atom. The third-order valence-corrected chi connectivity index (χ3v) is 5.31. The molecule has 0 spiro atoms. The highest BCUT2D eigenvalue weighted by Crippen LogP contribution is 2.45. The standard InChI is InChI=1S/C23H21ClO/c1-15-12-13-18(17-8-4-3-5-9-17)23-22(15)16(2)14-21(25-23)19-10-6-7-11-20(19)24/h6-8,10-14H,2-5,9H2,1H3. The lowest BCUT2D eigenvalue weighted by molar-refractivity contribution is 0.506. The lowest BCUT2D eigenvalue weighted by Gasteiger charge is -2.26. The molecular weight excluding hydrogens is 328 g/mol. The van der Waals surface area contributed by atoms with Crippen molar-refractivity contribution >= 4 is 28.5 Å². The van der Waals surface area contributed by atoms with Gasteiger partial charge in [0.1, 0.15) is 11.5 Å². The molecule has 1 heterocycles. The molecular formula is C23H21ClO. The first-order chi connectivity index (χ1) is 12.1. The average molecular weight is 349 g/mol. The van der Waals surface area contributed by atoms with E-state index < -0.39 is 0 Å². The summed E-state index contributed by atoms with van der Waals surface area (Å²) in [4.78, 5) is 0. The van der Waals surface area contributed by atoms with E-state index in [0.29, 0.717) is 5.02 Å². The van der Waals surface area contributed by atoms with Crippen LogP contribution in [-0.4, -0.2) is 0 Å². The topological polar surface area (TPSA) is 9.23 Å². The van der Waals surface area contributed by atoms with Gasteiger partial charge >= 0.3 is 0 Å². The first kappa shape index (κ1) is 16.2. The molecule has 0 bridgehead atoms. The number of ether oxygens (including phenoxy) is 1. The monoisotopic (exact) mass is 348 g/mol. The summed E-state index contributed by atoms with van der Waals surface area (Å²) >= 11 is 6.39. The highest BCUT2D eigenvalue weighted by atomic mass is 35.5. The second-order valence-corrected chi connectivity index (χ2v) is 7.13. The molecule has 4 rings (SSSR count). The fraction of sp³-hybridized carbons (Fsp3) is 0.217. The Bertz CT molecular complexity index is 918. The number of hydrogen-bond donors (Lipinski definition) is 0. The van der Waals surface area contributed by atoms with Crippen molar-refractivity contribution in [3.05, 3.63) is 82.4 Å². The number of hydrogen-bond acceptors (Lipinski definition) is 1. The minimum absolute atomic E-state index is 0.691. The van der Waals surface area contributed by atoms with Crippen molar-refractivity contribution in [2.45, 2.75) is 32.6 Å². The summed E-state index contributed by atoms with van der Waals surface area (Å²) in [5.74, 6) is 1.70. The van der Waals surface area contributed by atoms with Gasteiger partial charge in [-0.3, -0.25) is 0 Å². The van der Waals surface area contributed by atoms with Crippen molar-refractivity contribution in [2.24, 2.45) is 0 Å². The molecule has 126 valence electrons. The number of halogens is 1. The molecule has 1 aliphatic heterocycles. The summed E-state index contributed by atoms with van der Waals surface area (Å²) in [6.45, 7) is 6.40. The molecule has 0 unspecified atom stereocenters. The SMILES string of the molecule is C=C1C=C(c2ccccc2Cl)Oc2c(C3=CCCCC3)ccc(C)c21. The van der Waals surface area contributed by atoms with Gasteiger partial charge in [0, 0.05) is 16.7 Å². The molecule has 1 aliphatic carbocycles. The van der Waals surface area contributed by atoms with Gasteiger partial charge in [-0.05, 0) is 67.5 Å². The molecule has 0 radical (unpaired) electrons. The van der Waals surface area contributed by atoms with Crippen LogP contribution in [0.25, 0.3) is 16.9 Å². The Labute approximate surface area is 154 Å². The summed E-state index contributed by atoms with van der Waals surface area (Å²) in [7, 11) is 0. The smallest absolute Gasteiger partial charge is 0.143 e. The molecule has 0 atom stereocenters. The van der Waals surface area contributed by atoms with E-state index in [2.05, 4.69) is 31.7 Å². The molecule has 25 heavy (non-hydrogen) atoms. The maximum absolute atomic E-state index is 6.41. The van der Waals surface area contributed by atoms with Crippen LogP contribution in [0, 0.1) is 6.92 Å². The Hall–Kier alpha value is -2.25. The van der Waals surface area contributed by atoms with Crippen molar-refractivity contribution in [3.63, 3.8) is 0 Å². The van der Waals surface area contributed by atoms with Gasteiger partial charge in [-0.25, -0.2) is 0 Å². The Morgan fingerprint density at radius 3 is 2.64 bits per heavy atom. The van der Waals surface area contributed by atoms with E-state index in [9.17, 15) is 0 Å². The lowest BCUT2D eigenvalue weighted by atomic mass is 9.88. The molecule has 0 N–H and O–H groups in total. The fourth-order valence-electron chi connectivity index (χ4n) is 3.69. The van der Waals surface area contributed by atoms with Crippen molar-refractivity contribution in [3.8, 4) is 5.75 Å². The van der Waals surface area contributed by atoms with Gasteiger partial charge in [-0.1, -0.05) is 48.5 Å². The maximum Gasteiger partial charge on any atom is 0.143 e. The quantitative estimate of drug-likeness (QED) is 0.564. The predicted octanol–water partition coefficient (Wildman–Crippen LogP) is 7.05. The van der Waals surface area contributed by atoms with Crippen molar-refractivity contribution in [1.82, 2.24) is 0 Å². The molecule has 0 saturated carbocycles. The summed E-state index contributed by atoms with van der Waals surface area (Å²) in [6.07, 6.45) is 9.12. The van der Waals surface area contributed by atoms with E-state index >= 15 is 0 Å². The number of aryl methyl sites for hydroxylation is 1. The van der Waals surface area contributed by atoms with E-state index in [4.69, 9.17) is 16.3 Å². The summed E-state index contributed by atoms with van der Waals surface area (Å²) in [5.41, 5.74) is 6.76. The second kappa shape index (κ2) is 6.57. The first-order valence-electron chi connectivity index (χ1n) is 8.82. The molecule has 2 aromatic rings. The number of benzene rings is 2. The van der Waals surface area contributed by atoms with Crippen LogP contribution in [0.3, 0.4) is 0 Å².